The van der Waals surface area contributed by atoms with Crippen molar-refractivity contribution in [2.24, 2.45) is 11.7 Å². The number of nitrogens with zero attached hydrogens (tertiary/aromatic N) is 3. The lowest BCUT2D eigenvalue weighted by molar-refractivity contribution is -0.119. The van der Waals surface area contributed by atoms with Gasteiger partial charge in [0.05, 0.1) is 18.9 Å². The van der Waals surface area contributed by atoms with Gasteiger partial charge in [0.2, 0.25) is 11.9 Å². The molecule has 4 rings (SSSR count). The van der Waals surface area contributed by atoms with E-state index >= 15 is 0 Å². The summed E-state index contributed by atoms with van der Waals surface area (Å²) >= 11 is 0. The molecule has 3 aromatic rings. The molecule has 0 aliphatic carbocycles. The second kappa shape index (κ2) is 10.3. The third kappa shape index (κ3) is 5.78. The van der Waals surface area contributed by atoms with Crippen molar-refractivity contribution in [3.63, 3.8) is 0 Å². The molecule has 0 saturated carbocycles. The number of aromatic nitrogens is 2. The number of amides is 1. The predicted molar refractivity (Wildman–Crippen MR) is 132 cm³/mol. The lowest BCUT2D eigenvalue weighted by Gasteiger charge is -2.28. The van der Waals surface area contributed by atoms with Crippen molar-refractivity contribution in [2.75, 3.05) is 41.8 Å². The lowest BCUT2D eigenvalue weighted by atomic mass is 10.0. The van der Waals surface area contributed by atoms with Gasteiger partial charge in [-0.1, -0.05) is 26.0 Å². The summed E-state index contributed by atoms with van der Waals surface area (Å²) in [5, 5.41) is 6.48. The van der Waals surface area contributed by atoms with Gasteiger partial charge in [0.15, 0.2) is 0 Å². The van der Waals surface area contributed by atoms with Crippen LogP contribution in [0.4, 0.5) is 23.0 Å². The fraction of sp³-hybridized carbons (Fsp3) is 0.320. The Morgan fingerprint density at radius 1 is 1.00 bits per heavy atom. The summed E-state index contributed by atoms with van der Waals surface area (Å²) in [5.41, 5.74) is 10.2. The Hall–Kier alpha value is -3.65. The van der Waals surface area contributed by atoms with Crippen LogP contribution in [0.5, 0.6) is 0 Å². The van der Waals surface area contributed by atoms with Crippen LogP contribution in [-0.4, -0.2) is 48.2 Å². The van der Waals surface area contributed by atoms with Crippen LogP contribution in [0.15, 0.2) is 60.8 Å². The minimum absolute atomic E-state index is 0.0978. The number of hydrogen-bond donors (Lipinski definition) is 3. The van der Waals surface area contributed by atoms with E-state index < -0.39 is 6.04 Å². The zero-order valence-corrected chi connectivity index (χ0v) is 19.0. The highest BCUT2D eigenvalue weighted by atomic mass is 16.5. The number of nitrogens with two attached hydrogens (primary N) is 1. The number of morpholine rings is 1. The number of anilines is 4. The van der Waals surface area contributed by atoms with Crippen molar-refractivity contribution in [1.29, 1.82) is 0 Å². The number of carbonyl (C=O) groups excluding carboxylic acids is 1. The van der Waals surface area contributed by atoms with E-state index in [0.717, 1.165) is 48.9 Å². The minimum atomic E-state index is -0.416. The van der Waals surface area contributed by atoms with Gasteiger partial charge < -0.3 is 26.0 Å². The van der Waals surface area contributed by atoms with Crippen LogP contribution in [-0.2, 0) is 9.53 Å². The fourth-order valence-corrected chi connectivity index (χ4v) is 3.77. The Kier molecular flexibility index (Phi) is 7.04. The van der Waals surface area contributed by atoms with Crippen LogP contribution in [0.25, 0.3) is 11.3 Å². The summed E-state index contributed by atoms with van der Waals surface area (Å²) in [4.78, 5) is 23.0. The van der Waals surface area contributed by atoms with Gasteiger partial charge in [-0.05, 0) is 48.4 Å². The summed E-state index contributed by atoms with van der Waals surface area (Å²) in [7, 11) is 0. The molecule has 1 aliphatic heterocycles. The molecule has 2 aromatic carbocycles. The van der Waals surface area contributed by atoms with E-state index in [9.17, 15) is 4.79 Å². The van der Waals surface area contributed by atoms with E-state index in [2.05, 4.69) is 37.6 Å². The average molecular weight is 447 g/mol. The third-order valence-corrected chi connectivity index (χ3v) is 5.63. The van der Waals surface area contributed by atoms with Gasteiger partial charge in [-0.3, -0.25) is 4.79 Å². The Bertz CT molecular complexity index is 1060. The maximum Gasteiger partial charge on any atom is 0.240 e. The Balaban J connectivity index is 1.43. The van der Waals surface area contributed by atoms with Gasteiger partial charge in [-0.15, -0.1) is 0 Å². The molecule has 1 amide bonds. The molecule has 8 heteroatoms. The zero-order valence-electron chi connectivity index (χ0n) is 19.0. The van der Waals surface area contributed by atoms with Gasteiger partial charge in [0.1, 0.15) is 6.04 Å². The van der Waals surface area contributed by atoms with Crippen molar-refractivity contribution in [3.8, 4) is 11.3 Å². The van der Waals surface area contributed by atoms with E-state index in [1.807, 2.05) is 56.3 Å². The smallest absolute Gasteiger partial charge is 0.240 e. The van der Waals surface area contributed by atoms with Crippen LogP contribution in [0.1, 0.15) is 13.8 Å². The molecule has 0 bridgehead atoms. The number of carbonyl (C=O) groups is 1. The molecular formula is C25H30N6O2. The highest BCUT2D eigenvalue weighted by Gasteiger charge is 2.19. The molecule has 1 atom stereocenters. The Morgan fingerprint density at radius 3 is 2.30 bits per heavy atom. The van der Waals surface area contributed by atoms with Gasteiger partial charge in [-0.2, -0.15) is 0 Å². The first-order valence-electron chi connectivity index (χ1n) is 11.2. The normalized spacial score (nSPS) is 14.7. The van der Waals surface area contributed by atoms with E-state index in [4.69, 9.17) is 10.5 Å². The van der Waals surface area contributed by atoms with Crippen molar-refractivity contribution in [2.45, 2.75) is 19.9 Å². The first-order chi connectivity index (χ1) is 16.0. The highest BCUT2D eigenvalue weighted by Crippen LogP contribution is 2.24. The van der Waals surface area contributed by atoms with Crippen molar-refractivity contribution in [3.05, 3.63) is 60.8 Å². The molecule has 1 aliphatic rings. The first-order valence-corrected chi connectivity index (χ1v) is 11.2. The van der Waals surface area contributed by atoms with Crippen LogP contribution >= 0.6 is 0 Å². The molecule has 0 spiro atoms. The number of hydrogen-bond acceptors (Lipinski definition) is 7. The number of primary amides is 1. The summed E-state index contributed by atoms with van der Waals surface area (Å²) in [5.74, 6) is 0.265. The predicted octanol–water partition coefficient (Wildman–Crippen LogP) is 3.65. The quantitative estimate of drug-likeness (QED) is 0.485. The van der Waals surface area contributed by atoms with E-state index in [1.54, 1.807) is 6.20 Å². The van der Waals surface area contributed by atoms with Gasteiger partial charge in [-0.25, -0.2) is 9.97 Å². The van der Waals surface area contributed by atoms with E-state index in [-0.39, 0.29) is 11.8 Å². The third-order valence-electron chi connectivity index (χ3n) is 5.63. The average Bonchev–Trinajstić information content (AvgIpc) is 2.84. The molecule has 8 nitrogen and oxygen atoms in total. The Morgan fingerprint density at radius 2 is 1.67 bits per heavy atom. The van der Waals surface area contributed by atoms with Crippen LogP contribution < -0.4 is 21.3 Å². The first kappa shape index (κ1) is 22.5. The molecule has 33 heavy (non-hydrogen) atoms. The Labute approximate surface area is 194 Å². The van der Waals surface area contributed by atoms with E-state index in [1.165, 1.54) is 5.69 Å². The van der Waals surface area contributed by atoms with Crippen molar-refractivity contribution in [1.82, 2.24) is 9.97 Å². The van der Waals surface area contributed by atoms with Crippen LogP contribution in [0.2, 0.25) is 0 Å². The minimum Gasteiger partial charge on any atom is -0.378 e. The molecule has 2 heterocycles. The topological polar surface area (TPSA) is 105 Å². The van der Waals surface area contributed by atoms with Gasteiger partial charge >= 0.3 is 0 Å². The van der Waals surface area contributed by atoms with Gasteiger partial charge in [0, 0.05) is 41.9 Å². The van der Waals surface area contributed by atoms with Crippen LogP contribution in [0, 0.1) is 5.92 Å². The largest absolute Gasteiger partial charge is 0.378 e. The number of benzene rings is 2. The van der Waals surface area contributed by atoms with Crippen LogP contribution in [0.3, 0.4) is 0 Å². The maximum absolute atomic E-state index is 11.6. The molecular weight excluding hydrogens is 416 g/mol. The number of nitrogens with one attached hydrogen (secondary N) is 2. The van der Waals surface area contributed by atoms with Gasteiger partial charge in [0.25, 0.3) is 0 Å². The number of rotatable bonds is 8. The van der Waals surface area contributed by atoms with Crippen molar-refractivity contribution >= 4 is 28.9 Å². The summed E-state index contributed by atoms with van der Waals surface area (Å²) < 4.78 is 5.42. The highest BCUT2D eigenvalue weighted by molar-refractivity contribution is 5.83. The standard InChI is InChI=1S/C25H30N6O2/c1-17(2)23(24(26)32)28-19-5-3-18(4-6-19)22-11-12-27-25(30-22)29-20-7-9-21(10-8-20)31-13-15-33-16-14-31/h3-12,17,23,28H,13-16H2,1-2H3,(H2,26,32)(H,27,29,30)/t23-/m1/s1. The maximum atomic E-state index is 11.6. The summed E-state index contributed by atoms with van der Waals surface area (Å²) in [6.45, 7) is 7.27. The van der Waals surface area contributed by atoms with Crippen molar-refractivity contribution < 1.29 is 9.53 Å². The molecule has 4 N–H and O–H groups in total. The molecule has 1 fully saturated rings. The molecule has 1 aromatic heterocycles. The fourth-order valence-electron chi connectivity index (χ4n) is 3.77. The zero-order chi connectivity index (χ0) is 23.2. The number of ether oxygens (including phenoxy) is 1. The second-order valence-electron chi connectivity index (χ2n) is 8.38. The lowest BCUT2D eigenvalue weighted by Crippen LogP contribution is -2.39. The summed E-state index contributed by atoms with van der Waals surface area (Å²) in [6, 6.07) is 17.5. The molecule has 0 unspecified atom stereocenters. The summed E-state index contributed by atoms with van der Waals surface area (Å²) in [6.07, 6.45) is 1.74. The monoisotopic (exact) mass is 446 g/mol. The molecule has 172 valence electrons. The SMILES string of the molecule is CC(C)[C@@H](Nc1ccc(-c2ccnc(Nc3ccc(N4CCOCC4)cc3)n2)cc1)C(N)=O. The molecule has 0 radical (unpaired) electrons. The van der Waals surface area contributed by atoms with E-state index in [0.29, 0.717) is 5.95 Å². The molecule has 1 saturated heterocycles. The second-order valence-corrected chi connectivity index (χ2v) is 8.38.